The first-order valence-corrected chi connectivity index (χ1v) is 11.1. The Morgan fingerprint density at radius 3 is 1.47 bits per heavy atom. The number of rotatable bonds is 10. The average Bonchev–Trinajstić information content (AvgIpc) is 2.88. The molecule has 0 saturated heterocycles. The standard InChI is InChI=1S/C26H26N4O6/c1-3-35-23-13-17(5-11-21(23)31)15-27-29-25(33)19-7-9-20(10-8-19)26(34)30-28-16-18-6-12-22(32)24(14-18)36-4-2/h5-16,31-32H,3-4H2,1-2H3,(H,29,33)(H,30,34)/b27-15+,28-16+. The third-order valence-corrected chi connectivity index (χ3v) is 4.74. The van der Waals surface area contributed by atoms with Gasteiger partial charge >= 0.3 is 0 Å². The lowest BCUT2D eigenvalue weighted by Crippen LogP contribution is -2.19. The molecule has 3 aromatic rings. The van der Waals surface area contributed by atoms with Gasteiger partial charge in [-0.15, -0.1) is 0 Å². The van der Waals surface area contributed by atoms with Gasteiger partial charge in [0, 0.05) is 11.1 Å². The molecular formula is C26H26N4O6. The number of hydrazone groups is 2. The molecule has 0 fully saturated rings. The third-order valence-electron chi connectivity index (χ3n) is 4.74. The molecule has 0 unspecified atom stereocenters. The van der Waals surface area contributed by atoms with Gasteiger partial charge in [0.1, 0.15) is 0 Å². The fraction of sp³-hybridized carbons (Fsp3) is 0.154. The van der Waals surface area contributed by atoms with Crippen molar-refractivity contribution in [2.24, 2.45) is 10.2 Å². The van der Waals surface area contributed by atoms with E-state index in [4.69, 9.17) is 9.47 Å². The van der Waals surface area contributed by atoms with Gasteiger partial charge in [-0.25, -0.2) is 10.9 Å². The van der Waals surface area contributed by atoms with Crippen molar-refractivity contribution in [2.45, 2.75) is 13.8 Å². The lowest BCUT2D eigenvalue weighted by atomic mass is 10.1. The van der Waals surface area contributed by atoms with Crippen LogP contribution in [0, 0.1) is 0 Å². The monoisotopic (exact) mass is 490 g/mol. The highest BCUT2D eigenvalue weighted by Crippen LogP contribution is 2.27. The van der Waals surface area contributed by atoms with E-state index in [1.54, 1.807) is 38.1 Å². The summed E-state index contributed by atoms with van der Waals surface area (Å²) in [6.45, 7) is 4.41. The van der Waals surface area contributed by atoms with Crippen molar-refractivity contribution in [2.75, 3.05) is 13.2 Å². The van der Waals surface area contributed by atoms with Crippen molar-refractivity contribution in [3.8, 4) is 23.0 Å². The van der Waals surface area contributed by atoms with Crippen LogP contribution < -0.4 is 20.3 Å². The molecule has 0 spiro atoms. The molecule has 0 aromatic heterocycles. The van der Waals surface area contributed by atoms with E-state index in [1.807, 2.05) is 0 Å². The number of carbonyl (C=O) groups is 2. The summed E-state index contributed by atoms with van der Waals surface area (Å²) >= 11 is 0. The average molecular weight is 491 g/mol. The Labute approximate surface area is 207 Å². The molecule has 4 N–H and O–H groups in total. The Hall–Kier alpha value is -4.86. The number of nitrogens with zero attached hydrogens (tertiary/aromatic N) is 2. The van der Waals surface area contributed by atoms with Gasteiger partial charge in [0.15, 0.2) is 23.0 Å². The van der Waals surface area contributed by atoms with E-state index in [1.165, 1.54) is 48.8 Å². The lowest BCUT2D eigenvalue weighted by molar-refractivity contribution is 0.0943. The topological polar surface area (TPSA) is 142 Å². The molecule has 0 atom stereocenters. The van der Waals surface area contributed by atoms with E-state index in [0.717, 1.165) is 0 Å². The first-order valence-electron chi connectivity index (χ1n) is 11.1. The van der Waals surface area contributed by atoms with Crippen molar-refractivity contribution < 1.29 is 29.3 Å². The summed E-state index contributed by atoms with van der Waals surface area (Å²) in [5.74, 6) is -0.239. The van der Waals surface area contributed by atoms with Gasteiger partial charge in [-0.05, 0) is 85.6 Å². The van der Waals surface area contributed by atoms with Crippen LogP contribution in [0.25, 0.3) is 0 Å². The molecule has 0 aliphatic rings. The highest BCUT2D eigenvalue weighted by atomic mass is 16.5. The first kappa shape index (κ1) is 25.8. The van der Waals surface area contributed by atoms with Crippen LogP contribution in [0.3, 0.4) is 0 Å². The zero-order valence-corrected chi connectivity index (χ0v) is 19.8. The molecule has 186 valence electrons. The van der Waals surface area contributed by atoms with Crippen LogP contribution in [0.1, 0.15) is 45.7 Å². The molecule has 0 heterocycles. The summed E-state index contributed by atoms with van der Waals surface area (Å²) in [7, 11) is 0. The van der Waals surface area contributed by atoms with E-state index in [2.05, 4.69) is 21.1 Å². The number of nitrogens with one attached hydrogen (secondary N) is 2. The Morgan fingerprint density at radius 2 is 1.11 bits per heavy atom. The predicted molar refractivity (Wildman–Crippen MR) is 135 cm³/mol. The van der Waals surface area contributed by atoms with Crippen molar-refractivity contribution in [1.82, 2.24) is 10.9 Å². The van der Waals surface area contributed by atoms with Crippen LogP contribution >= 0.6 is 0 Å². The molecule has 0 radical (unpaired) electrons. The van der Waals surface area contributed by atoms with E-state index < -0.39 is 11.8 Å². The van der Waals surface area contributed by atoms with E-state index >= 15 is 0 Å². The van der Waals surface area contributed by atoms with Crippen LogP contribution in [-0.4, -0.2) is 47.7 Å². The molecule has 0 saturated carbocycles. The first-order chi connectivity index (χ1) is 17.4. The molecule has 10 heteroatoms. The van der Waals surface area contributed by atoms with Crippen LogP contribution in [0.4, 0.5) is 0 Å². The fourth-order valence-electron chi connectivity index (χ4n) is 3.00. The number of hydrogen-bond acceptors (Lipinski definition) is 8. The van der Waals surface area contributed by atoms with Gasteiger partial charge < -0.3 is 19.7 Å². The minimum Gasteiger partial charge on any atom is -0.504 e. The highest BCUT2D eigenvalue weighted by molar-refractivity contribution is 5.98. The summed E-state index contributed by atoms with van der Waals surface area (Å²) < 4.78 is 10.6. The molecule has 10 nitrogen and oxygen atoms in total. The number of aromatic hydroxyl groups is 2. The normalized spacial score (nSPS) is 10.9. The largest absolute Gasteiger partial charge is 0.504 e. The summed E-state index contributed by atoms with van der Waals surface area (Å²) in [5, 5.41) is 27.3. The van der Waals surface area contributed by atoms with E-state index in [-0.39, 0.29) is 11.5 Å². The number of hydrogen-bond donors (Lipinski definition) is 4. The van der Waals surface area contributed by atoms with Crippen LogP contribution in [0.5, 0.6) is 23.0 Å². The molecule has 0 aliphatic carbocycles. The summed E-state index contributed by atoms with van der Waals surface area (Å²) in [6.07, 6.45) is 2.84. The zero-order valence-electron chi connectivity index (χ0n) is 19.8. The van der Waals surface area contributed by atoms with Gasteiger partial charge in [0.05, 0.1) is 25.6 Å². The maximum atomic E-state index is 12.3. The van der Waals surface area contributed by atoms with Gasteiger partial charge in [-0.3, -0.25) is 9.59 Å². The van der Waals surface area contributed by atoms with Crippen molar-refractivity contribution in [1.29, 1.82) is 0 Å². The number of benzene rings is 3. The highest BCUT2D eigenvalue weighted by Gasteiger charge is 2.09. The van der Waals surface area contributed by atoms with Gasteiger partial charge in [-0.2, -0.15) is 10.2 Å². The molecule has 0 aliphatic heterocycles. The lowest BCUT2D eigenvalue weighted by Gasteiger charge is -2.06. The van der Waals surface area contributed by atoms with Gasteiger partial charge in [-0.1, -0.05) is 0 Å². The number of carbonyl (C=O) groups excluding carboxylic acids is 2. The maximum Gasteiger partial charge on any atom is 0.271 e. The van der Waals surface area contributed by atoms with Gasteiger partial charge in [0.25, 0.3) is 11.8 Å². The van der Waals surface area contributed by atoms with E-state index in [0.29, 0.717) is 47.0 Å². The minimum atomic E-state index is -0.461. The molecule has 3 aromatic carbocycles. The summed E-state index contributed by atoms with van der Waals surface area (Å²) in [4.78, 5) is 24.6. The van der Waals surface area contributed by atoms with Crippen LogP contribution in [0.2, 0.25) is 0 Å². The SMILES string of the molecule is CCOc1cc(/C=N/NC(=O)c2ccc(C(=O)N/N=C/c3ccc(O)c(OCC)c3)cc2)ccc1O. The third kappa shape index (κ3) is 7.07. The Kier molecular flexibility index (Phi) is 8.99. The Bertz CT molecular complexity index is 1170. The molecule has 2 amide bonds. The smallest absolute Gasteiger partial charge is 0.271 e. The van der Waals surface area contributed by atoms with Crippen molar-refractivity contribution in [3.05, 3.63) is 82.9 Å². The quantitative estimate of drug-likeness (QED) is 0.253. The number of ether oxygens (including phenoxy) is 2. The molecule has 36 heavy (non-hydrogen) atoms. The second-order valence-electron chi connectivity index (χ2n) is 7.30. The van der Waals surface area contributed by atoms with E-state index in [9.17, 15) is 19.8 Å². The molecule has 3 rings (SSSR count). The minimum absolute atomic E-state index is 0.0175. The summed E-state index contributed by atoms with van der Waals surface area (Å²) in [5.41, 5.74) is 6.69. The molecular weight excluding hydrogens is 464 g/mol. The van der Waals surface area contributed by atoms with Crippen LogP contribution in [-0.2, 0) is 0 Å². The Morgan fingerprint density at radius 1 is 0.722 bits per heavy atom. The van der Waals surface area contributed by atoms with Crippen molar-refractivity contribution >= 4 is 24.2 Å². The second kappa shape index (κ2) is 12.6. The fourth-order valence-corrected chi connectivity index (χ4v) is 3.00. The number of amides is 2. The number of phenols is 2. The molecule has 0 bridgehead atoms. The number of phenolic OH excluding ortho intramolecular Hbond substituents is 2. The maximum absolute atomic E-state index is 12.3. The Balaban J connectivity index is 1.54. The van der Waals surface area contributed by atoms with Crippen molar-refractivity contribution in [3.63, 3.8) is 0 Å². The zero-order chi connectivity index (χ0) is 25.9. The second-order valence-corrected chi connectivity index (χ2v) is 7.30. The predicted octanol–water partition coefficient (Wildman–Crippen LogP) is 3.42. The van der Waals surface area contributed by atoms with Gasteiger partial charge in [0.2, 0.25) is 0 Å². The van der Waals surface area contributed by atoms with Crippen LogP contribution in [0.15, 0.2) is 70.9 Å². The summed E-state index contributed by atoms with van der Waals surface area (Å²) in [6, 6.07) is 15.4.